The molecular formula is C13H19NOS. The highest BCUT2D eigenvalue weighted by Crippen LogP contribution is 2.36. The van der Waals surface area contributed by atoms with Crippen molar-refractivity contribution in [3.8, 4) is 5.75 Å². The fourth-order valence-corrected chi connectivity index (χ4v) is 3.27. The molecule has 0 amide bonds. The summed E-state index contributed by atoms with van der Waals surface area (Å²) in [5.41, 5.74) is 1.30. The van der Waals surface area contributed by atoms with Gasteiger partial charge in [-0.05, 0) is 25.3 Å². The lowest BCUT2D eigenvalue weighted by Crippen LogP contribution is -2.36. The van der Waals surface area contributed by atoms with Crippen molar-refractivity contribution in [2.45, 2.75) is 24.6 Å². The van der Waals surface area contributed by atoms with E-state index in [0.29, 0.717) is 11.3 Å². The van der Waals surface area contributed by atoms with Crippen LogP contribution in [0.25, 0.3) is 0 Å². The average Bonchev–Trinajstić information content (AvgIpc) is 2.35. The summed E-state index contributed by atoms with van der Waals surface area (Å²) in [7, 11) is 2.03. The molecular weight excluding hydrogens is 218 g/mol. The zero-order valence-electron chi connectivity index (χ0n) is 9.90. The van der Waals surface area contributed by atoms with Gasteiger partial charge in [-0.25, -0.2) is 0 Å². The molecule has 0 radical (unpaired) electrons. The Bertz CT molecular complexity index is 342. The molecule has 1 aliphatic heterocycles. The average molecular weight is 237 g/mol. The molecule has 3 heteroatoms. The molecule has 1 heterocycles. The van der Waals surface area contributed by atoms with Crippen LogP contribution in [0.5, 0.6) is 5.75 Å². The molecule has 88 valence electrons. The lowest BCUT2D eigenvalue weighted by Gasteiger charge is -2.33. The number of fused-ring (bicyclic) bond motifs is 1. The Morgan fingerprint density at radius 1 is 1.44 bits per heavy atom. The van der Waals surface area contributed by atoms with Crippen LogP contribution in [0.4, 0.5) is 0 Å². The van der Waals surface area contributed by atoms with Crippen molar-refractivity contribution in [1.82, 2.24) is 5.32 Å². The molecule has 0 saturated carbocycles. The quantitative estimate of drug-likeness (QED) is 0.870. The van der Waals surface area contributed by atoms with Crippen LogP contribution >= 0.6 is 11.8 Å². The zero-order chi connectivity index (χ0) is 11.4. The smallest absolute Gasteiger partial charge is 0.124 e. The SMILES string of the molecule is CCCSC1COc2ccccc2C1NC. The second-order valence-electron chi connectivity index (χ2n) is 4.02. The first-order chi connectivity index (χ1) is 7.86. The van der Waals surface area contributed by atoms with Crippen LogP contribution in [-0.2, 0) is 0 Å². The highest BCUT2D eigenvalue weighted by molar-refractivity contribution is 7.99. The highest BCUT2D eigenvalue weighted by atomic mass is 32.2. The van der Waals surface area contributed by atoms with E-state index in [9.17, 15) is 0 Å². The van der Waals surface area contributed by atoms with Crippen molar-refractivity contribution >= 4 is 11.8 Å². The predicted octanol–water partition coefficient (Wildman–Crippen LogP) is 2.85. The van der Waals surface area contributed by atoms with Gasteiger partial charge in [0, 0.05) is 5.56 Å². The number of benzene rings is 1. The molecule has 2 nitrogen and oxygen atoms in total. The first-order valence-corrected chi connectivity index (χ1v) is 6.92. The van der Waals surface area contributed by atoms with Crippen molar-refractivity contribution in [3.05, 3.63) is 29.8 Å². The minimum Gasteiger partial charge on any atom is -0.492 e. The van der Waals surface area contributed by atoms with E-state index in [2.05, 4.69) is 30.4 Å². The molecule has 0 fully saturated rings. The summed E-state index contributed by atoms with van der Waals surface area (Å²) >= 11 is 2.01. The van der Waals surface area contributed by atoms with Gasteiger partial charge in [-0.15, -0.1) is 0 Å². The lowest BCUT2D eigenvalue weighted by atomic mass is 10.0. The van der Waals surface area contributed by atoms with Gasteiger partial charge < -0.3 is 10.1 Å². The van der Waals surface area contributed by atoms with Crippen LogP contribution < -0.4 is 10.1 Å². The summed E-state index contributed by atoms with van der Waals surface area (Å²) in [6.45, 7) is 3.03. The molecule has 0 spiro atoms. The summed E-state index contributed by atoms with van der Waals surface area (Å²) in [6.07, 6.45) is 1.22. The summed E-state index contributed by atoms with van der Waals surface area (Å²) in [6, 6.07) is 8.75. The number of nitrogens with one attached hydrogen (secondary N) is 1. The van der Waals surface area contributed by atoms with Gasteiger partial charge in [0.15, 0.2) is 0 Å². The van der Waals surface area contributed by atoms with E-state index in [1.807, 2.05) is 24.9 Å². The Morgan fingerprint density at radius 3 is 3.00 bits per heavy atom. The Hall–Kier alpha value is -0.670. The van der Waals surface area contributed by atoms with Crippen LogP contribution in [0, 0.1) is 0 Å². The first-order valence-electron chi connectivity index (χ1n) is 5.87. The van der Waals surface area contributed by atoms with E-state index in [4.69, 9.17) is 4.74 Å². The molecule has 1 N–H and O–H groups in total. The lowest BCUT2D eigenvalue weighted by molar-refractivity contribution is 0.265. The minimum atomic E-state index is 0.418. The number of rotatable bonds is 4. The third kappa shape index (κ3) is 2.36. The molecule has 0 aliphatic carbocycles. The Kier molecular flexibility index (Phi) is 4.13. The molecule has 2 atom stereocenters. The number of thioether (sulfide) groups is 1. The third-order valence-electron chi connectivity index (χ3n) is 2.88. The number of hydrogen-bond acceptors (Lipinski definition) is 3. The van der Waals surface area contributed by atoms with Gasteiger partial charge in [-0.1, -0.05) is 25.1 Å². The van der Waals surface area contributed by atoms with Gasteiger partial charge in [-0.3, -0.25) is 0 Å². The van der Waals surface area contributed by atoms with Gasteiger partial charge >= 0.3 is 0 Å². The van der Waals surface area contributed by atoms with Crippen LogP contribution in [0.2, 0.25) is 0 Å². The fraction of sp³-hybridized carbons (Fsp3) is 0.538. The molecule has 16 heavy (non-hydrogen) atoms. The second-order valence-corrected chi connectivity index (χ2v) is 5.37. The largest absolute Gasteiger partial charge is 0.492 e. The molecule has 2 rings (SSSR count). The highest BCUT2D eigenvalue weighted by Gasteiger charge is 2.29. The van der Waals surface area contributed by atoms with Crippen molar-refractivity contribution in [3.63, 3.8) is 0 Å². The number of ether oxygens (including phenoxy) is 1. The fourth-order valence-electron chi connectivity index (χ4n) is 2.09. The van der Waals surface area contributed by atoms with Crippen molar-refractivity contribution < 1.29 is 4.74 Å². The van der Waals surface area contributed by atoms with Crippen LogP contribution in [0.1, 0.15) is 24.9 Å². The molecule has 1 aromatic rings. The Labute approximate surface area is 102 Å². The van der Waals surface area contributed by atoms with E-state index < -0.39 is 0 Å². The van der Waals surface area contributed by atoms with Crippen LogP contribution in [-0.4, -0.2) is 24.7 Å². The zero-order valence-corrected chi connectivity index (χ0v) is 10.7. The summed E-state index contributed by atoms with van der Waals surface area (Å²) in [4.78, 5) is 0. The van der Waals surface area contributed by atoms with Crippen molar-refractivity contribution in [2.75, 3.05) is 19.4 Å². The van der Waals surface area contributed by atoms with Crippen molar-refractivity contribution in [2.24, 2.45) is 0 Å². The van der Waals surface area contributed by atoms with Gasteiger partial charge in [0.05, 0.1) is 11.3 Å². The molecule has 1 aromatic carbocycles. The summed E-state index contributed by atoms with van der Waals surface area (Å²) in [5.74, 6) is 2.24. The van der Waals surface area contributed by atoms with E-state index in [-0.39, 0.29) is 0 Å². The predicted molar refractivity (Wildman–Crippen MR) is 70.3 cm³/mol. The normalized spacial score (nSPS) is 23.6. The maximum Gasteiger partial charge on any atom is 0.124 e. The first kappa shape index (κ1) is 11.8. The third-order valence-corrected chi connectivity index (χ3v) is 4.36. The topological polar surface area (TPSA) is 21.3 Å². The van der Waals surface area contributed by atoms with Gasteiger partial charge in [0.25, 0.3) is 0 Å². The summed E-state index contributed by atoms with van der Waals surface area (Å²) < 4.78 is 5.80. The number of hydrogen-bond donors (Lipinski definition) is 1. The van der Waals surface area contributed by atoms with E-state index >= 15 is 0 Å². The molecule has 0 saturated heterocycles. The maximum atomic E-state index is 5.80. The molecule has 2 unspecified atom stereocenters. The number of para-hydroxylation sites is 1. The van der Waals surface area contributed by atoms with E-state index in [0.717, 1.165) is 12.4 Å². The van der Waals surface area contributed by atoms with Crippen molar-refractivity contribution in [1.29, 1.82) is 0 Å². The van der Waals surface area contributed by atoms with Gasteiger partial charge in [-0.2, -0.15) is 11.8 Å². The molecule has 1 aliphatic rings. The van der Waals surface area contributed by atoms with E-state index in [1.165, 1.54) is 17.7 Å². The van der Waals surface area contributed by atoms with Gasteiger partial charge in [0.1, 0.15) is 12.4 Å². The molecule has 0 bridgehead atoms. The monoisotopic (exact) mass is 237 g/mol. The van der Waals surface area contributed by atoms with Crippen LogP contribution in [0.3, 0.4) is 0 Å². The summed E-state index contributed by atoms with van der Waals surface area (Å²) in [5, 5.41) is 3.95. The minimum absolute atomic E-state index is 0.418. The maximum absolute atomic E-state index is 5.80. The standard InChI is InChI=1S/C13H19NOS/c1-3-8-16-12-9-15-11-7-5-4-6-10(11)13(12)14-2/h4-7,12-14H,3,8-9H2,1-2H3. The van der Waals surface area contributed by atoms with Gasteiger partial charge in [0.2, 0.25) is 0 Å². The second kappa shape index (κ2) is 5.60. The molecule has 0 aromatic heterocycles. The van der Waals surface area contributed by atoms with E-state index in [1.54, 1.807) is 0 Å². The van der Waals surface area contributed by atoms with Crippen LogP contribution in [0.15, 0.2) is 24.3 Å². The Balaban J connectivity index is 2.16. The Morgan fingerprint density at radius 2 is 2.25 bits per heavy atom.